The first-order valence-corrected chi connectivity index (χ1v) is 6.53. The second-order valence-electron chi connectivity index (χ2n) is 4.19. The van der Waals surface area contributed by atoms with Crippen molar-refractivity contribution < 1.29 is 18.0 Å². The fraction of sp³-hybridized carbons (Fsp3) is 0.154. The van der Waals surface area contributed by atoms with Gasteiger partial charge in [-0.2, -0.15) is 13.2 Å². The molecule has 0 aliphatic carbocycles. The maximum Gasteiger partial charge on any atom is 0.416 e. The van der Waals surface area contributed by atoms with Gasteiger partial charge in [-0.3, -0.25) is 9.78 Å². The van der Waals surface area contributed by atoms with Crippen LogP contribution >= 0.6 is 15.9 Å². The van der Waals surface area contributed by atoms with Crippen LogP contribution < -0.4 is 5.32 Å². The number of aryl methyl sites for hydroxylation is 1. The molecule has 0 bridgehead atoms. The molecular formula is C13H9BrF3N3O. The van der Waals surface area contributed by atoms with Gasteiger partial charge in [0.15, 0.2) is 0 Å². The summed E-state index contributed by atoms with van der Waals surface area (Å²) in [6, 6.07) is 2.99. The van der Waals surface area contributed by atoms with Crippen molar-refractivity contribution in [1.82, 2.24) is 9.97 Å². The third kappa shape index (κ3) is 3.78. The van der Waals surface area contributed by atoms with E-state index in [4.69, 9.17) is 0 Å². The van der Waals surface area contributed by atoms with E-state index < -0.39 is 17.6 Å². The van der Waals surface area contributed by atoms with E-state index in [1.807, 2.05) is 0 Å². The van der Waals surface area contributed by atoms with Crippen molar-refractivity contribution in [2.75, 3.05) is 5.32 Å². The van der Waals surface area contributed by atoms with Gasteiger partial charge in [-0.1, -0.05) is 0 Å². The van der Waals surface area contributed by atoms with Crippen LogP contribution in [0.15, 0.2) is 35.1 Å². The SMILES string of the molecule is Cc1cnc(C(=O)Nc2cc(C(F)(F)F)ccc2Br)cn1. The molecule has 1 aromatic carbocycles. The summed E-state index contributed by atoms with van der Waals surface area (Å²) in [6.45, 7) is 1.71. The molecule has 0 spiro atoms. The second kappa shape index (κ2) is 5.80. The molecule has 0 fully saturated rings. The van der Waals surface area contributed by atoms with Crippen molar-refractivity contribution in [3.8, 4) is 0 Å². The van der Waals surface area contributed by atoms with E-state index in [0.29, 0.717) is 10.2 Å². The van der Waals surface area contributed by atoms with E-state index in [2.05, 4.69) is 31.2 Å². The molecule has 1 heterocycles. The first-order valence-electron chi connectivity index (χ1n) is 5.74. The molecular weight excluding hydrogens is 351 g/mol. The normalized spacial score (nSPS) is 11.3. The Balaban J connectivity index is 2.26. The summed E-state index contributed by atoms with van der Waals surface area (Å²) in [5, 5.41) is 2.37. The molecule has 8 heteroatoms. The molecule has 0 unspecified atom stereocenters. The van der Waals surface area contributed by atoms with Crippen molar-refractivity contribution in [3.63, 3.8) is 0 Å². The predicted octanol–water partition coefficient (Wildman–Crippen LogP) is 3.82. The number of nitrogens with one attached hydrogen (secondary N) is 1. The summed E-state index contributed by atoms with van der Waals surface area (Å²) in [5.41, 5.74) is -0.190. The van der Waals surface area contributed by atoms with E-state index in [1.165, 1.54) is 18.5 Å². The number of alkyl halides is 3. The smallest absolute Gasteiger partial charge is 0.320 e. The topological polar surface area (TPSA) is 54.9 Å². The van der Waals surface area contributed by atoms with Crippen LogP contribution in [-0.4, -0.2) is 15.9 Å². The van der Waals surface area contributed by atoms with Gasteiger partial charge in [-0.05, 0) is 41.1 Å². The number of aromatic nitrogens is 2. The lowest BCUT2D eigenvalue weighted by atomic mass is 10.2. The van der Waals surface area contributed by atoms with Gasteiger partial charge in [0, 0.05) is 10.7 Å². The van der Waals surface area contributed by atoms with Crippen LogP contribution in [-0.2, 0) is 6.18 Å². The summed E-state index contributed by atoms with van der Waals surface area (Å²) in [5.74, 6) is -0.637. The van der Waals surface area contributed by atoms with Gasteiger partial charge in [0.1, 0.15) is 5.69 Å². The summed E-state index contributed by atoms with van der Waals surface area (Å²) in [4.78, 5) is 19.7. The van der Waals surface area contributed by atoms with Crippen LogP contribution in [0.2, 0.25) is 0 Å². The molecule has 0 atom stereocenters. The number of halogens is 4. The lowest BCUT2D eigenvalue weighted by Crippen LogP contribution is -2.15. The standard InChI is InChI=1S/C13H9BrF3N3O/c1-7-5-19-11(6-18-7)12(21)20-10-4-8(13(15,16)17)2-3-9(10)14/h2-6H,1H3,(H,20,21). The maximum atomic E-state index is 12.7. The molecule has 110 valence electrons. The average molecular weight is 360 g/mol. The molecule has 4 nitrogen and oxygen atoms in total. The minimum absolute atomic E-state index is 0.0113. The molecule has 0 saturated carbocycles. The van der Waals surface area contributed by atoms with Crippen LogP contribution in [0.25, 0.3) is 0 Å². The molecule has 1 aromatic heterocycles. The predicted molar refractivity (Wildman–Crippen MR) is 73.9 cm³/mol. The lowest BCUT2D eigenvalue weighted by Gasteiger charge is -2.11. The number of benzene rings is 1. The van der Waals surface area contributed by atoms with Crippen molar-refractivity contribution in [3.05, 3.63) is 52.0 Å². The van der Waals surface area contributed by atoms with Crippen LogP contribution in [0.4, 0.5) is 18.9 Å². The highest BCUT2D eigenvalue weighted by Crippen LogP contribution is 2.34. The Bertz CT molecular complexity index is 671. The molecule has 0 saturated heterocycles. The highest BCUT2D eigenvalue weighted by atomic mass is 79.9. The number of rotatable bonds is 2. The number of carbonyl (C=O) groups excluding carboxylic acids is 1. The highest BCUT2D eigenvalue weighted by molar-refractivity contribution is 9.10. The van der Waals surface area contributed by atoms with E-state index in [1.54, 1.807) is 6.92 Å². The zero-order valence-electron chi connectivity index (χ0n) is 10.7. The molecule has 21 heavy (non-hydrogen) atoms. The third-order valence-corrected chi connectivity index (χ3v) is 3.25. The first kappa shape index (κ1) is 15.4. The fourth-order valence-electron chi connectivity index (χ4n) is 1.49. The Morgan fingerprint density at radius 3 is 2.52 bits per heavy atom. The Hall–Kier alpha value is -1.96. The average Bonchev–Trinajstić information content (AvgIpc) is 2.40. The molecule has 0 radical (unpaired) electrons. The van der Waals surface area contributed by atoms with Crippen molar-refractivity contribution in [1.29, 1.82) is 0 Å². The van der Waals surface area contributed by atoms with Gasteiger partial charge < -0.3 is 5.32 Å². The van der Waals surface area contributed by atoms with Gasteiger partial charge in [0.2, 0.25) is 0 Å². The quantitative estimate of drug-likeness (QED) is 0.886. The van der Waals surface area contributed by atoms with Gasteiger partial charge in [0.25, 0.3) is 5.91 Å². The number of anilines is 1. The minimum Gasteiger partial charge on any atom is -0.320 e. The molecule has 0 aliphatic rings. The largest absolute Gasteiger partial charge is 0.416 e. The zero-order chi connectivity index (χ0) is 15.6. The lowest BCUT2D eigenvalue weighted by molar-refractivity contribution is -0.137. The van der Waals surface area contributed by atoms with Gasteiger partial charge >= 0.3 is 6.18 Å². The van der Waals surface area contributed by atoms with Gasteiger partial charge in [0.05, 0.1) is 23.1 Å². The Kier molecular flexibility index (Phi) is 4.26. The van der Waals surface area contributed by atoms with Crippen molar-refractivity contribution in [2.45, 2.75) is 13.1 Å². The zero-order valence-corrected chi connectivity index (χ0v) is 12.3. The minimum atomic E-state index is -4.48. The first-order chi connectivity index (χ1) is 9.77. The summed E-state index contributed by atoms with van der Waals surface area (Å²) >= 11 is 3.09. The number of amides is 1. The van der Waals surface area contributed by atoms with Crippen molar-refractivity contribution in [2.24, 2.45) is 0 Å². The Labute approximate surface area is 126 Å². The molecule has 2 rings (SSSR count). The Morgan fingerprint density at radius 1 is 1.24 bits per heavy atom. The number of hydrogen-bond acceptors (Lipinski definition) is 3. The van der Waals surface area contributed by atoms with E-state index in [9.17, 15) is 18.0 Å². The summed E-state index contributed by atoms with van der Waals surface area (Å²) in [6.07, 6.45) is -1.83. The van der Waals surface area contributed by atoms with Gasteiger partial charge in [-0.15, -0.1) is 0 Å². The third-order valence-electron chi connectivity index (χ3n) is 2.56. The number of nitrogens with zero attached hydrogens (tertiary/aromatic N) is 2. The van der Waals surface area contributed by atoms with Crippen LogP contribution in [0, 0.1) is 6.92 Å². The van der Waals surface area contributed by atoms with Crippen molar-refractivity contribution >= 4 is 27.5 Å². The molecule has 1 N–H and O–H groups in total. The monoisotopic (exact) mass is 359 g/mol. The number of carbonyl (C=O) groups is 1. The van der Waals surface area contributed by atoms with E-state index in [-0.39, 0.29) is 11.4 Å². The number of hydrogen-bond donors (Lipinski definition) is 1. The molecule has 1 amide bonds. The summed E-state index contributed by atoms with van der Waals surface area (Å²) in [7, 11) is 0. The van der Waals surface area contributed by atoms with E-state index >= 15 is 0 Å². The highest BCUT2D eigenvalue weighted by Gasteiger charge is 2.31. The molecule has 0 aliphatic heterocycles. The van der Waals surface area contributed by atoms with E-state index in [0.717, 1.165) is 12.1 Å². The fourth-order valence-corrected chi connectivity index (χ4v) is 1.84. The van der Waals surface area contributed by atoms with Crippen LogP contribution in [0.1, 0.15) is 21.7 Å². The second-order valence-corrected chi connectivity index (χ2v) is 5.04. The maximum absolute atomic E-state index is 12.7. The molecule has 2 aromatic rings. The Morgan fingerprint density at radius 2 is 1.95 bits per heavy atom. The van der Waals surface area contributed by atoms with Crippen LogP contribution in [0.3, 0.4) is 0 Å². The van der Waals surface area contributed by atoms with Gasteiger partial charge in [-0.25, -0.2) is 4.98 Å². The van der Waals surface area contributed by atoms with Crippen LogP contribution in [0.5, 0.6) is 0 Å². The summed E-state index contributed by atoms with van der Waals surface area (Å²) < 4.78 is 38.3.